The van der Waals surface area contributed by atoms with Crippen LogP contribution < -0.4 is 11.1 Å². The summed E-state index contributed by atoms with van der Waals surface area (Å²) in [7, 11) is 0. The van der Waals surface area contributed by atoms with Crippen LogP contribution in [-0.4, -0.2) is 16.8 Å². The monoisotopic (exact) mass is 212 g/mol. The summed E-state index contributed by atoms with van der Waals surface area (Å²) in [6.07, 6.45) is 2.46. The summed E-state index contributed by atoms with van der Waals surface area (Å²) in [5.74, 6) is -1.26. The molecule has 0 aliphatic carbocycles. The number of primary amides is 1. The van der Waals surface area contributed by atoms with Crippen LogP contribution in [-0.2, 0) is 9.59 Å². The zero-order valence-corrected chi connectivity index (χ0v) is 8.38. The van der Waals surface area contributed by atoms with Crippen LogP contribution in [0.25, 0.3) is 0 Å². The SMILES string of the molecule is C[C@H](NC(=O)[CH]C(N)=O)c1nccs1. The highest BCUT2D eigenvalue weighted by atomic mass is 32.1. The molecule has 1 atom stereocenters. The quantitative estimate of drug-likeness (QED) is 0.689. The smallest absolute Gasteiger partial charge is 0.234 e. The van der Waals surface area contributed by atoms with Crippen molar-refractivity contribution in [2.45, 2.75) is 13.0 Å². The van der Waals surface area contributed by atoms with Crippen molar-refractivity contribution in [1.29, 1.82) is 0 Å². The number of carbonyl (C=O) groups is 2. The molecule has 0 aliphatic rings. The molecule has 0 bridgehead atoms. The molecule has 0 aliphatic heterocycles. The van der Waals surface area contributed by atoms with Crippen LogP contribution in [0.5, 0.6) is 0 Å². The lowest BCUT2D eigenvalue weighted by atomic mass is 10.3. The molecule has 1 heterocycles. The van der Waals surface area contributed by atoms with Crippen LogP contribution in [0, 0.1) is 6.42 Å². The van der Waals surface area contributed by atoms with E-state index in [1.807, 2.05) is 5.38 Å². The van der Waals surface area contributed by atoms with Crippen molar-refractivity contribution in [3.05, 3.63) is 23.0 Å². The second kappa shape index (κ2) is 4.71. The summed E-state index contributed by atoms with van der Waals surface area (Å²) in [5.41, 5.74) is 4.82. The minimum absolute atomic E-state index is 0.210. The Hall–Kier alpha value is -1.43. The highest BCUT2D eigenvalue weighted by Crippen LogP contribution is 2.14. The number of nitrogens with two attached hydrogens (primary N) is 1. The van der Waals surface area contributed by atoms with Gasteiger partial charge in [0.05, 0.1) is 6.04 Å². The highest BCUT2D eigenvalue weighted by molar-refractivity contribution is 7.09. The Morgan fingerprint density at radius 2 is 2.43 bits per heavy atom. The predicted octanol–water partition coefficient (Wildman–Crippen LogP) is 0.00989. The summed E-state index contributed by atoms with van der Waals surface area (Å²) < 4.78 is 0. The first-order chi connectivity index (χ1) is 6.59. The van der Waals surface area contributed by atoms with Gasteiger partial charge in [-0.3, -0.25) is 9.59 Å². The van der Waals surface area contributed by atoms with Crippen molar-refractivity contribution in [2.75, 3.05) is 0 Å². The maximum atomic E-state index is 11.1. The van der Waals surface area contributed by atoms with Crippen molar-refractivity contribution in [3.63, 3.8) is 0 Å². The molecule has 2 amide bonds. The fourth-order valence-corrected chi connectivity index (χ4v) is 1.54. The molecule has 0 aromatic carbocycles. The van der Waals surface area contributed by atoms with Gasteiger partial charge >= 0.3 is 0 Å². The van der Waals surface area contributed by atoms with Crippen LogP contribution in [0.3, 0.4) is 0 Å². The van der Waals surface area contributed by atoms with Crippen LogP contribution in [0.15, 0.2) is 11.6 Å². The molecule has 0 saturated heterocycles. The number of hydrogen-bond donors (Lipinski definition) is 2. The average Bonchev–Trinajstić information content (AvgIpc) is 2.53. The minimum atomic E-state index is -0.756. The lowest BCUT2D eigenvalue weighted by Gasteiger charge is -2.09. The number of rotatable bonds is 4. The molecule has 0 saturated carbocycles. The molecule has 1 radical (unpaired) electrons. The van der Waals surface area contributed by atoms with E-state index in [4.69, 9.17) is 5.73 Å². The third-order valence-corrected chi connectivity index (χ3v) is 2.41. The van der Waals surface area contributed by atoms with Gasteiger partial charge in [-0.25, -0.2) is 4.98 Å². The first-order valence-corrected chi connectivity index (χ1v) is 4.81. The molecule has 0 spiro atoms. The van der Waals surface area contributed by atoms with Crippen LogP contribution in [0.4, 0.5) is 0 Å². The highest BCUT2D eigenvalue weighted by Gasteiger charge is 2.13. The van der Waals surface area contributed by atoms with Gasteiger partial charge in [0.25, 0.3) is 0 Å². The molecule has 75 valence electrons. The Morgan fingerprint density at radius 1 is 1.71 bits per heavy atom. The number of amides is 2. The van der Waals surface area contributed by atoms with Crippen LogP contribution >= 0.6 is 11.3 Å². The molecular weight excluding hydrogens is 202 g/mol. The van der Waals surface area contributed by atoms with E-state index in [1.165, 1.54) is 11.3 Å². The van der Waals surface area contributed by atoms with E-state index in [0.717, 1.165) is 11.4 Å². The molecule has 14 heavy (non-hydrogen) atoms. The van der Waals surface area contributed by atoms with Crippen molar-refractivity contribution < 1.29 is 9.59 Å². The van der Waals surface area contributed by atoms with Crippen LogP contribution in [0.2, 0.25) is 0 Å². The van der Waals surface area contributed by atoms with Gasteiger partial charge in [0.2, 0.25) is 11.8 Å². The Kier molecular flexibility index (Phi) is 3.58. The fraction of sp³-hybridized carbons (Fsp3) is 0.250. The number of carbonyl (C=O) groups excluding carboxylic acids is 2. The molecule has 0 unspecified atom stereocenters. The molecule has 0 fully saturated rings. The Morgan fingerprint density at radius 3 is 2.93 bits per heavy atom. The molecule has 3 N–H and O–H groups in total. The molecule has 6 heteroatoms. The third kappa shape index (κ3) is 3.14. The number of hydrogen-bond acceptors (Lipinski definition) is 4. The summed E-state index contributed by atoms with van der Waals surface area (Å²) >= 11 is 1.44. The molecular formula is C8H10N3O2S. The summed E-state index contributed by atoms with van der Waals surface area (Å²) in [4.78, 5) is 25.5. The van der Waals surface area contributed by atoms with Crippen molar-refractivity contribution in [1.82, 2.24) is 10.3 Å². The third-order valence-electron chi connectivity index (χ3n) is 1.45. The van der Waals surface area contributed by atoms with E-state index < -0.39 is 11.8 Å². The molecule has 1 aromatic rings. The standard InChI is InChI=1S/C8H10N3O2S/c1-5(8-10-2-3-14-8)11-7(13)4-6(9)12/h2-5H,1H3,(H2,9,12)(H,11,13)/t5-/m0/s1. The maximum Gasteiger partial charge on any atom is 0.234 e. The van der Waals surface area contributed by atoms with Gasteiger partial charge in [-0.2, -0.15) is 0 Å². The van der Waals surface area contributed by atoms with Gasteiger partial charge in [0.15, 0.2) is 0 Å². The van der Waals surface area contributed by atoms with E-state index in [9.17, 15) is 9.59 Å². The maximum absolute atomic E-state index is 11.1. The van der Waals surface area contributed by atoms with Crippen molar-refractivity contribution in [3.8, 4) is 0 Å². The van der Waals surface area contributed by atoms with E-state index in [-0.39, 0.29) is 6.04 Å². The van der Waals surface area contributed by atoms with E-state index in [1.54, 1.807) is 13.1 Å². The van der Waals surface area contributed by atoms with Gasteiger partial charge in [0, 0.05) is 11.6 Å². The zero-order valence-electron chi connectivity index (χ0n) is 7.56. The van der Waals surface area contributed by atoms with Gasteiger partial charge in [-0.1, -0.05) is 0 Å². The fourth-order valence-electron chi connectivity index (χ4n) is 0.894. The van der Waals surface area contributed by atoms with Gasteiger partial charge < -0.3 is 11.1 Å². The Bertz CT molecular complexity index is 323. The van der Waals surface area contributed by atoms with Crippen molar-refractivity contribution >= 4 is 23.2 Å². The summed E-state index contributed by atoms with van der Waals surface area (Å²) in [5, 5.41) is 5.17. The van der Waals surface area contributed by atoms with E-state index in [2.05, 4.69) is 10.3 Å². The lowest BCUT2D eigenvalue weighted by Crippen LogP contribution is -2.31. The zero-order chi connectivity index (χ0) is 10.6. The van der Waals surface area contributed by atoms with E-state index >= 15 is 0 Å². The topological polar surface area (TPSA) is 85.1 Å². The number of nitrogens with zero attached hydrogens (tertiary/aromatic N) is 1. The average molecular weight is 212 g/mol. The predicted molar refractivity (Wildman–Crippen MR) is 52.2 cm³/mol. The second-order valence-corrected chi connectivity index (χ2v) is 3.57. The number of nitrogens with one attached hydrogen (secondary N) is 1. The lowest BCUT2D eigenvalue weighted by molar-refractivity contribution is -0.123. The summed E-state index contributed by atoms with van der Waals surface area (Å²) in [6.45, 7) is 1.78. The van der Waals surface area contributed by atoms with Gasteiger partial charge in [0.1, 0.15) is 11.4 Å². The molecule has 1 aromatic heterocycles. The molecule has 1 rings (SSSR count). The first kappa shape index (κ1) is 10.6. The number of aromatic nitrogens is 1. The largest absolute Gasteiger partial charge is 0.369 e. The number of thiazole rings is 1. The van der Waals surface area contributed by atoms with Gasteiger partial charge in [-0.05, 0) is 6.92 Å². The Labute approximate surface area is 85.3 Å². The Balaban J connectivity index is 2.45. The van der Waals surface area contributed by atoms with Crippen molar-refractivity contribution in [2.24, 2.45) is 5.73 Å². The summed E-state index contributed by atoms with van der Waals surface area (Å²) in [6, 6.07) is -0.210. The van der Waals surface area contributed by atoms with Gasteiger partial charge in [-0.15, -0.1) is 11.3 Å². The molecule has 5 nitrogen and oxygen atoms in total. The normalized spacial score (nSPS) is 12.1. The minimum Gasteiger partial charge on any atom is -0.369 e. The first-order valence-electron chi connectivity index (χ1n) is 3.93. The van der Waals surface area contributed by atoms with Crippen LogP contribution in [0.1, 0.15) is 18.0 Å². The second-order valence-electron chi connectivity index (χ2n) is 2.65. The van der Waals surface area contributed by atoms with E-state index in [0.29, 0.717) is 0 Å².